The van der Waals surface area contributed by atoms with Crippen LogP contribution in [-0.4, -0.2) is 41.4 Å². The first-order valence-electron chi connectivity index (χ1n) is 8.08. The maximum Gasteiger partial charge on any atom is 0.327 e. The molecular weight excluding hydrogens is 345 g/mol. The summed E-state index contributed by atoms with van der Waals surface area (Å²) >= 11 is 0. The molecule has 25 heavy (non-hydrogen) atoms. The van der Waals surface area contributed by atoms with Crippen LogP contribution in [0.25, 0.3) is 11.0 Å². The molecular formula is C17H26NO6P. The highest BCUT2D eigenvalue weighted by molar-refractivity contribution is 7.39. The zero-order valence-electron chi connectivity index (χ0n) is 15.1. The van der Waals surface area contributed by atoms with Crippen molar-refractivity contribution in [1.82, 2.24) is 4.90 Å². The third-order valence-electron chi connectivity index (χ3n) is 3.65. The summed E-state index contributed by atoms with van der Waals surface area (Å²) in [7, 11) is -0.962. The van der Waals surface area contributed by atoms with Crippen LogP contribution in [0.15, 0.2) is 33.5 Å². The third-order valence-corrected chi connectivity index (χ3v) is 4.01. The summed E-state index contributed by atoms with van der Waals surface area (Å²) in [5.74, 6) is 0.784. The van der Waals surface area contributed by atoms with Gasteiger partial charge in [-0.25, -0.2) is 0 Å². The van der Waals surface area contributed by atoms with Gasteiger partial charge >= 0.3 is 8.60 Å². The number of methoxy groups -OCH3 is 1. The van der Waals surface area contributed by atoms with E-state index in [0.717, 1.165) is 0 Å². The number of rotatable bonds is 7. The molecule has 0 aliphatic heterocycles. The van der Waals surface area contributed by atoms with Gasteiger partial charge < -0.3 is 28.4 Å². The Hall–Kier alpha value is -1.50. The molecule has 2 N–H and O–H groups in total. The van der Waals surface area contributed by atoms with Crippen LogP contribution in [0.5, 0.6) is 5.75 Å². The summed E-state index contributed by atoms with van der Waals surface area (Å²) in [6, 6.07) is 6.11. The fourth-order valence-electron chi connectivity index (χ4n) is 2.18. The topological polar surface area (TPSA) is 92.4 Å². The molecule has 0 unspecified atom stereocenters. The highest BCUT2D eigenvalue weighted by atomic mass is 31.2. The van der Waals surface area contributed by atoms with E-state index in [1.54, 1.807) is 18.2 Å². The SMILES string of the molecule is CCN(CC)CC.COc1ccc2c(=O)cc(COP(O)O)oc2c1. The average molecular weight is 371 g/mol. The van der Waals surface area contributed by atoms with Crippen LogP contribution in [0.3, 0.4) is 0 Å². The summed E-state index contributed by atoms with van der Waals surface area (Å²) in [4.78, 5) is 31.4. The van der Waals surface area contributed by atoms with Gasteiger partial charge in [-0.05, 0) is 31.8 Å². The van der Waals surface area contributed by atoms with Crippen LogP contribution in [-0.2, 0) is 11.1 Å². The second-order valence-electron chi connectivity index (χ2n) is 5.08. The van der Waals surface area contributed by atoms with Crippen molar-refractivity contribution in [2.24, 2.45) is 0 Å². The molecule has 0 bridgehead atoms. The van der Waals surface area contributed by atoms with Crippen LogP contribution in [0.2, 0.25) is 0 Å². The van der Waals surface area contributed by atoms with Gasteiger partial charge in [-0.3, -0.25) is 4.79 Å². The van der Waals surface area contributed by atoms with Crippen molar-refractivity contribution in [2.75, 3.05) is 26.7 Å². The van der Waals surface area contributed by atoms with E-state index in [0.29, 0.717) is 16.7 Å². The predicted octanol–water partition coefficient (Wildman–Crippen LogP) is 2.88. The van der Waals surface area contributed by atoms with Crippen molar-refractivity contribution < 1.29 is 23.5 Å². The molecule has 8 heteroatoms. The van der Waals surface area contributed by atoms with Crippen LogP contribution in [0.1, 0.15) is 26.5 Å². The van der Waals surface area contributed by atoms with E-state index in [9.17, 15) is 4.79 Å². The van der Waals surface area contributed by atoms with E-state index in [4.69, 9.17) is 18.9 Å². The number of hydrogen-bond donors (Lipinski definition) is 2. The molecule has 0 fully saturated rings. The minimum Gasteiger partial charge on any atom is -0.497 e. The molecule has 0 saturated heterocycles. The van der Waals surface area contributed by atoms with Crippen molar-refractivity contribution in [2.45, 2.75) is 27.4 Å². The van der Waals surface area contributed by atoms with E-state index in [-0.39, 0.29) is 17.8 Å². The highest BCUT2D eigenvalue weighted by Crippen LogP contribution is 2.27. The Morgan fingerprint density at radius 2 is 1.76 bits per heavy atom. The van der Waals surface area contributed by atoms with E-state index >= 15 is 0 Å². The summed E-state index contributed by atoms with van der Waals surface area (Å²) < 4.78 is 15.0. The molecule has 0 aliphatic carbocycles. The Bertz CT molecular complexity index is 694. The van der Waals surface area contributed by atoms with Crippen LogP contribution < -0.4 is 10.2 Å². The normalized spacial score (nSPS) is 10.9. The van der Waals surface area contributed by atoms with Gasteiger partial charge in [-0.1, -0.05) is 20.8 Å². The first-order valence-corrected chi connectivity index (χ1v) is 9.25. The van der Waals surface area contributed by atoms with Gasteiger partial charge in [0.1, 0.15) is 23.7 Å². The average Bonchev–Trinajstić information content (AvgIpc) is 2.61. The van der Waals surface area contributed by atoms with Crippen LogP contribution in [0, 0.1) is 0 Å². The van der Waals surface area contributed by atoms with Crippen LogP contribution in [0.4, 0.5) is 0 Å². The summed E-state index contributed by atoms with van der Waals surface area (Å²) in [6.07, 6.45) is 0. The molecule has 0 aliphatic rings. The number of hydrogen-bond acceptors (Lipinski definition) is 7. The minimum atomic E-state index is -2.47. The lowest BCUT2D eigenvalue weighted by molar-refractivity contribution is 0.225. The Balaban J connectivity index is 0.000000381. The Morgan fingerprint density at radius 3 is 2.24 bits per heavy atom. The fourth-order valence-corrected chi connectivity index (χ4v) is 2.42. The van der Waals surface area contributed by atoms with E-state index in [1.165, 1.54) is 32.8 Å². The van der Waals surface area contributed by atoms with Gasteiger partial charge in [0.05, 0.1) is 12.5 Å². The molecule has 1 aromatic carbocycles. The summed E-state index contributed by atoms with van der Waals surface area (Å²) in [5.41, 5.74) is 0.137. The van der Waals surface area contributed by atoms with Gasteiger partial charge in [0.25, 0.3) is 0 Å². The molecule has 7 nitrogen and oxygen atoms in total. The van der Waals surface area contributed by atoms with E-state index in [1.807, 2.05) is 0 Å². The molecule has 0 spiro atoms. The van der Waals surface area contributed by atoms with Crippen molar-refractivity contribution >= 4 is 19.6 Å². The van der Waals surface area contributed by atoms with E-state index < -0.39 is 8.60 Å². The fraction of sp³-hybridized carbons (Fsp3) is 0.471. The Morgan fingerprint density at radius 1 is 1.12 bits per heavy atom. The first-order chi connectivity index (χ1) is 11.9. The molecule has 2 rings (SSSR count). The number of fused-ring (bicyclic) bond motifs is 1. The zero-order valence-corrected chi connectivity index (χ0v) is 16.0. The second kappa shape index (κ2) is 11.2. The summed E-state index contributed by atoms with van der Waals surface area (Å²) in [5, 5.41) is 0.426. The van der Waals surface area contributed by atoms with Crippen molar-refractivity contribution in [3.63, 3.8) is 0 Å². The van der Waals surface area contributed by atoms with Gasteiger partial charge in [0.15, 0.2) is 5.43 Å². The van der Waals surface area contributed by atoms with Gasteiger partial charge in [0, 0.05) is 12.1 Å². The molecule has 1 heterocycles. The quantitative estimate of drug-likeness (QED) is 0.723. The second-order valence-corrected chi connectivity index (χ2v) is 5.85. The van der Waals surface area contributed by atoms with Crippen molar-refractivity contribution in [3.8, 4) is 5.75 Å². The molecule has 0 amide bonds. The van der Waals surface area contributed by atoms with Gasteiger partial charge in [-0.2, -0.15) is 0 Å². The standard InChI is InChI=1S/C11H11O6P.C6H15N/c1-15-7-2-3-9-10(12)4-8(6-16-18(13)14)17-11(9)5-7;1-4-7(5-2)6-3/h2-5,13-14H,6H2,1H3;4-6H2,1-3H3. The molecule has 1 aromatic heterocycles. The Labute approximate surface area is 148 Å². The predicted molar refractivity (Wildman–Crippen MR) is 98.6 cm³/mol. The Kier molecular flexibility index (Phi) is 9.63. The van der Waals surface area contributed by atoms with Crippen LogP contribution >= 0.6 is 8.60 Å². The molecule has 0 radical (unpaired) electrons. The lowest BCUT2D eigenvalue weighted by Crippen LogP contribution is -2.21. The maximum atomic E-state index is 11.8. The summed E-state index contributed by atoms with van der Waals surface area (Å²) in [6.45, 7) is 9.95. The smallest absolute Gasteiger partial charge is 0.327 e. The number of nitrogens with zero attached hydrogens (tertiary/aromatic N) is 1. The van der Waals surface area contributed by atoms with Gasteiger partial charge in [0.2, 0.25) is 0 Å². The first kappa shape index (κ1) is 21.5. The lowest BCUT2D eigenvalue weighted by atomic mass is 10.2. The molecule has 0 saturated carbocycles. The molecule has 2 aromatic rings. The molecule has 0 atom stereocenters. The number of ether oxygens (including phenoxy) is 1. The number of benzene rings is 1. The lowest BCUT2D eigenvalue weighted by Gasteiger charge is -2.13. The zero-order chi connectivity index (χ0) is 18.8. The van der Waals surface area contributed by atoms with Crippen molar-refractivity contribution in [1.29, 1.82) is 0 Å². The maximum absolute atomic E-state index is 11.8. The van der Waals surface area contributed by atoms with E-state index in [2.05, 4.69) is 30.2 Å². The molecule has 140 valence electrons. The monoisotopic (exact) mass is 371 g/mol. The highest BCUT2D eigenvalue weighted by Gasteiger charge is 2.08. The minimum absolute atomic E-state index is 0.179. The largest absolute Gasteiger partial charge is 0.497 e. The van der Waals surface area contributed by atoms with Gasteiger partial charge in [-0.15, -0.1) is 0 Å². The third kappa shape index (κ3) is 7.10. The van der Waals surface area contributed by atoms with Crippen molar-refractivity contribution in [3.05, 3.63) is 40.2 Å².